The second kappa shape index (κ2) is 5.98. The van der Waals surface area contributed by atoms with Crippen LogP contribution >= 0.6 is 22.6 Å². The lowest BCUT2D eigenvalue weighted by Crippen LogP contribution is -2.47. The zero-order valence-corrected chi connectivity index (χ0v) is 16.0. The summed E-state index contributed by atoms with van der Waals surface area (Å²) in [7, 11) is 0. The number of fused-ring (bicyclic) bond motifs is 3. The van der Waals surface area contributed by atoms with Gasteiger partial charge in [0.25, 0.3) is 0 Å². The predicted octanol–water partition coefficient (Wildman–Crippen LogP) is -0.188. The molecule has 0 radical (unpaired) electrons. The van der Waals surface area contributed by atoms with Crippen LogP contribution in [0.4, 0.5) is 5.82 Å². The van der Waals surface area contributed by atoms with Gasteiger partial charge in [0.2, 0.25) is 0 Å². The molecule has 4 rings (SSSR count). The highest BCUT2D eigenvalue weighted by Gasteiger charge is 2.46. The first-order valence-electron chi connectivity index (χ1n) is 8.08. The number of ether oxygens (including phenoxy) is 1. The molecule has 25 heavy (non-hydrogen) atoms. The molecule has 0 amide bonds. The largest absolute Gasteiger partial charge is 0.394 e. The zero-order chi connectivity index (χ0) is 17.9. The van der Waals surface area contributed by atoms with E-state index in [0.29, 0.717) is 18.1 Å². The number of alkyl halides is 1. The van der Waals surface area contributed by atoms with Crippen LogP contribution in [0.3, 0.4) is 0 Å². The smallest absolute Gasteiger partial charge is 0.167 e. The molecule has 9 nitrogen and oxygen atoms in total. The molecule has 5 unspecified atom stereocenters. The number of aliphatic hydroxyl groups excluding tert-OH is 3. The quantitative estimate of drug-likeness (QED) is 0.425. The van der Waals surface area contributed by atoms with E-state index in [0.717, 1.165) is 5.84 Å². The molecule has 4 heterocycles. The Balaban J connectivity index is 1.67. The maximum Gasteiger partial charge on any atom is 0.167 e. The van der Waals surface area contributed by atoms with Gasteiger partial charge >= 0.3 is 0 Å². The first-order valence-corrected chi connectivity index (χ1v) is 9.16. The number of nitrogens with zero attached hydrogens (tertiary/aromatic N) is 5. The Morgan fingerprint density at radius 2 is 2.12 bits per heavy atom. The Morgan fingerprint density at radius 3 is 2.76 bits per heavy atom. The van der Waals surface area contributed by atoms with E-state index >= 15 is 0 Å². The van der Waals surface area contributed by atoms with Gasteiger partial charge in [-0.3, -0.25) is 9.56 Å². The van der Waals surface area contributed by atoms with Crippen molar-refractivity contribution in [3.05, 3.63) is 12.0 Å². The van der Waals surface area contributed by atoms with Crippen LogP contribution in [0.15, 0.2) is 16.3 Å². The summed E-state index contributed by atoms with van der Waals surface area (Å²) in [6.07, 6.45) is -0.767. The second-order valence-electron chi connectivity index (χ2n) is 6.95. The zero-order valence-electron chi connectivity index (χ0n) is 13.8. The van der Waals surface area contributed by atoms with Gasteiger partial charge in [0.05, 0.1) is 31.9 Å². The molecule has 0 aromatic carbocycles. The van der Waals surface area contributed by atoms with Crippen molar-refractivity contribution in [2.45, 2.75) is 47.9 Å². The Labute approximate surface area is 158 Å². The SMILES string of the molecule is CC(C)(I)C1CN=C2c3ncn(C4OC(CO)C(O)C4O)c3N=CN21. The fraction of sp³-hybridized carbons (Fsp3) is 0.667. The Bertz CT molecular complexity index is 743. The number of halogens is 1. The van der Waals surface area contributed by atoms with Crippen LogP contribution in [0.25, 0.3) is 0 Å². The maximum absolute atomic E-state index is 10.2. The predicted molar refractivity (Wildman–Crippen MR) is 98.5 cm³/mol. The van der Waals surface area contributed by atoms with E-state index in [2.05, 4.69) is 51.4 Å². The molecule has 5 atom stereocenters. The molecule has 3 aliphatic rings. The van der Waals surface area contributed by atoms with Crippen molar-refractivity contribution >= 4 is 40.6 Å². The van der Waals surface area contributed by atoms with Crippen molar-refractivity contribution < 1.29 is 20.1 Å². The van der Waals surface area contributed by atoms with E-state index in [1.54, 1.807) is 10.9 Å². The molecule has 0 bridgehead atoms. The van der Waals surface area contributed by atoms with Crippen molar-refractivity contribution in [2.24, 2.45) is 9.98 Å². The second-order valence-corrected chi connectivity index (χ2v) is 9.73. The lowest BCUT2D eigenvalue weighted by molar-refractivity contribution is -0.0519. The van der Waals surface area contributed by atoms with Crippen LogP contribution in [0, 0.1) is 0 Å². The summed E-state index contributed by atoms with van der Waals surface area (Å²) in [6.45, 7) is 4.59. The molecule has 0 saturated carbocycles. The van der Waals surface area contributed by atoms with Gasteiger partial charge in [0.15, 0.2) is 23.6 Å². The Hall–Kier alpha value is -1.08. The fourth-order valence-corrected chi connectivity index (χ4v) is 3.92. The van der Waals surface area contributed by atoms with Gasteiger partial charge < -0.3 is 25.0 Å². The third-order valence-corrected chi connectivity index (χ3v) is 5.58. The molecule has 3 N–H and O–H groups in total. The molecular weight excluding hydrogens is 441 g/mol. The van der Waals surface area contributed by atoms with Crippen molar-refractivity contribution in [1.29, 1.82) is 0 Å². The van der Waals surface area contributed by atoms with Gasteiger partial charge in [-0.15, -0.1) is 0 Å². The van der Waals surface area contributed by atoms with Crippen LogP contribution in [0.5, 0.6) is 0 Å². The van der Waals surface area contributed by atoms with E-state index in [4.69, 9.17) is 4.74 Å². The van der Waals surface area contributed by atoms with Crippen LogP contribution in [-0.2, 0) is 4.74 Å². The summed E-state index contributed by atoms with van der Waals surface area (Å²) in [5.74, 6) is 1.28. The summed E-state index contributed by atoms with van der Waals surface area (Å²) in [6, 6.07) is 0.194. The van der Waals surface area contributed by atoms with Gasteiger partial charge in [-0.05, 0) is 13.8 Å². The molecule has 0 spiro atoms. The van der Waals surface area contributed by atoms with E-state index in [9.17, 15) is 15.3 Å². The molecule has 0 aliphatic carbocycles. The average Bonchev–Trinajstić information content (AvgIpc) is 3.23. The molecule has 3 aliphatic heterocycles. The van der Waals surface area contributed by atoms with E-state index in [-0.39, 0.29) is 16.1 Å². The van der Waals surface area contributed by atoms with E-state index in [1.165, 1.54) is 6.33 Å². The highest BCUT2D eigenvalue weighted by molar-refractivity contribution is 14.1. The van der Waals surface area contributed by atoms with Crippen LogP contribution in [-0.4, -0.2) is 82.9 Å². The Kier molecular flexibility index (Phi) is 4.15. The summed E-state index contributed by atoms with van der Waals surface area (Å²) >= 11 is 2.41. The van der Waals surface area contributed by atoms with Gasteiger partial charge in [-0.2, -0.15) is 0 Å². The van der Waals surface area contributed by atoms with Crippen molar-refractivity contribution in [1.82, 2.24) is 14.5 Å². The highest BCUT2D eigenvalue weighted by atomic mass is 127. The monoisotopic (exact) mass is 461 g/mol. The Morgan fingerprint density at radius 1 is 1.36 bits per heavy atom. The summed E-state index contributed by atoms with van der Waals surface area (Å²) < 4.78 is 7.17. The van der Waals surface area contributed by atoms with Crippen LogP contribution in [0.1, 0.15) is 25.8 Å². The molecule has 1 saturated heterocycles. The number of amidine groups is 1. The number of aromatic nitrogens is 2. The number of hydrogen-bond acceptors (Lipinski definition) is 8. The lowest BCUT2D eigenvalue weighted by Gasteiger charge is -2.33. The van der Waals surface area contributed by atoms with Crippen molar-refractivity contribution in [3.63, 3.8) is 0 Å². The molecule has 1 aromatic rings. The number of imidazole rings is 1. The van der Waals surface area contributed by atoms with E-state index < -0.39 is 24.5 Å². The third kappa shape index (κ3) is 2.62. The molecule has 1 aromatic heterocycles. The first kappa shape index (κ1) is 17.3. The normalized spacial score (nSPS) is 34.2. The first-order chi connectivity index (χ1) is 11.8. The van der Waals surface area contributed by atoms with Gasteiger partial charge in [0, 0.05) is 3.42 Å². The van der Waals surface area contributed by atoms with Crippen molar-refractivity contribution in [3.8, 4) is 0 Å². The molecule has 1 fully saturated rings. The van der Waals surface area contributed by atoms with Crippen LogP contribution in [0.2, 0.25) is 0 Å². The van der Waals surface area contributed by atoms with Gasteiger partial charge in [-0.25, -0.2) is 9.98 Å². The average molecular weight is 461 g/mol. The standard InChI is InChI=1S/C15H20IN5O4/c1-15(2,16)8-3-17-12-9-13(19-6-20(8)12)21(5-18-9)14-11(24)10(23)7(4-22)25-14/h5-8,10-11,14,22-24H,3-4H2,1-2H3. The molecule has 10 heteroatoms. The summed E-state index contributed by atoms with van der Waals surface area (Å²) in [5.41, 5.74) is 0.628. The number of aliphatic imine (C=N–C) groups is 2. The number of hydrogen-bond donors (Lipinski definition) is 3. The minimum absolute atomic E-state index is 0.0122. The summed E-state index contributed by atoms with van der Waals surface area (Å²) in [4.78, 5) is 15.6. The molecular formula is C15H20IN5O4. The fourth-order valence-electron chi connectivity index (χ4n) is 3.42. The topological polar surface area (TPSA) is 116 Å². The number of rotatable bonds is 3. The van der Waals surface area contributed by atoms with Crippen molar-refractivity contribution in [2.75, 3.05) is 13.2 Å². The summed E-state index contributed by atoms with van der Waals surface area (Å²) in [5, 5.41) is 29.5. The lowest BCUT2D eigenvalue weighted by atomic mass is 10.0. The maximum atomic E-state index is 10.2. The minimum Gasteiger partial charge on any atom is -0.394 e. The van der Waals surface area contributed by atoms with E-state index in [1.807, 2.05) is 4.90 Å². The highest BCUT2D eigenvalue weighted by Crippen LogP contribution is 2.38. The van der Waals surface area contributed by atoms with Gasteiger partial charge in [0.1, 0.15) is 18.3 Å². The van der Waals surface area contributed by atoms with Crippen LogP contribution < -0.4 is 0 Å². The molecule has 136 valence electrons. The number of aliphatic hydroxyl groups is 3. The minimum atomic E-state index is -1.17. The van der Waals surface area contributed by atoms with Gasteiger partial charge in [-0.1, -0.05) is 22.6 Å². The third-order valence-electron chi connectivity index (χ3n) is 4.86.